The molecule has 0 radical (unpaired) electrons. The Kier molecular flexibility index (Phi) is 8.63. The fourth-order valence-corrected chi connectivity index (χ4v) is 13.8. The molecule has 7 aromatic carbocycles. The van der Waals surface area contributed by atoms with E-state index in [1.54, 1.807) is 0 Å². The lowest BCUT2D eigenvalue weighted by molar-refractivity contribution is 0.332. The fourth-order valence-electron chi connectivity index (χ4n) is 12.5. The van der Waals surface area contributed by atoms with Gasteiger partial charge in [-0.25, -0.2) is 0 Å². The Morgan fingerprint density at radius 1 is 0.536 bits per heavy atom. The van der Waals surface area contributed by atoms with E-state index < -0.39 is 0 Å². The Morgan fingerprint density at radius 3 is 1.87 bits per heavy atom. The van der Waals surface area contributed by atoms with Gasteiger partial charge in [0, 0.05) is 58.6 Å². The molecular formula is C64H63BN2OS. The van der Waals surface area contributed by atoms with Crippen LogP contribution in [0.5, 0.6) is 0 Å². The molecule has 0 saturated carbocycles. The first-order valence-corrected chi connectivity index (χ1v) is 26.1. The Morgan fingerprint density at radius 2 is 1.16 bits per heavy atom. The molecular weight excluding hydrogens is 856 g/mol. The Hall–Kier alpha value is -6.04. The second-order valence-electron chi connectivity index (χ2n) is 25.2. The predicted octanol–water partition coefficient (Wildman–Crippen LogP) is 17.2. The minimum absolute atomic E-state index is 0.00141. The van der Waals surface area contributed by atoms with Crippen molar-refractivity contribution in [2.45, 2.75) is 130 Å². The molecule has 0 N–H and O–H groups in total. The van der Waals surface area contributed by atoms with Crippen LogP contribution in [-0.4, -0.2) is 11.3 Å². The minimum atomic E-state index is -0.100. The van der Waals surface area contributed by atoms with Crippen LogP contribution in [-0.2, 0) is 27.1 Å². The zero-order valence-corrected chi connectivity index (χ0v) is 43.6. The van der Waals surface area contributed by atoms with Crippen LogP contribution < -0.4 is 15.1 Å². The van der Waals surface area contributed by atoms with Crippen LogP contribution in [0.3, 0.4) is 0 Å². The predicted molar refractivity (Wildman–Crippen MR) is 299 cm³/mol. The number of hydrogen-bond acceptors (Lipinski definition) is 3. The summed E-state index contributed by atoms with van der Waals surface area (Å²) in [6.07, 6.45) is 2.33. The van der Waals surface area contributed by atoms with E-state index in [9.17, 15) is 0 Å². The van der Waals surface area contributed by atoms with Gasteiger partial charge in [0.1, 0.15) is 5.58 Å². The highest BCUT2D eigenvalue weighted by Gasteiger charge is 2.48. The largest absolute Gasteiger partial charge is 0.454 e. The number of fused-ring (bicyclic) bond motifs is 14. The molecule has 344 valence electrons. The summed E-state index contributed by atoms with van der Waals surface area (Å²) in [5.74, 6) is 0. The van der Waals surface area contributed by atoms with Gasteiger partial charge >= 0.3 is 6.85 Å². The number of aromatic nitrogens is 1. The molecule has 3 aromatic heterocycles. The Bertz CT molecular complexity index is 3850. The first-order chi connectivity index (χ1) is 32.6. The van der Waals surface area contributed by atoms with E-state index in [4.69, 9.17) is 4.42 Å². The maximum Gasteiger partial charge on any atom is 0.343 e. The van der Waals surface area contributed by atoms with E-state index in [0.717, 1.165) is 34.0 Å². The normalized spacial score (nSPS) is 16.2. The second-order valence-corrected chi connectivity index (χ2v) is 26.3. The van der Waals surface area contributed by atoms with Gasteiger partial charge < -0.3 is 13.8 Å². The van der Waals surface area contributed by atoms with Crippen molar-refractivity contribution in [3.8, 4) is 22.3 Å². The smallest absolute Gasteiger partial charge is 0.343 e. The quantitative estimate of drug-likeness (QED) is 0.161. The first-order valence-electron chi connectivity index (χ1n) is 25.3. The summed E-state index contributed by atoms with van der Waals surface area (Å²) in [5.41, 5.74) is 21.5. The molecule has 5 heterocycles. The Labute approximate surface area is 412 Å². The average Bonchev–Trinajstić information content (AvgIpc) is 3.98. The number of nitrogens with zero attached hydrogens (tertiary/aromatic N) is 2. The summed E-state index contributed by atoms with van der Waals surface area (Å²) in [5, 5.41) is 6.32. The van der Waals surface area contributed by atoms with E-state index in [1.165, 1.54) is 110 Å². The van der Waals surface area contributed by atoms with Crippen LogP contribution in [0.15, 0.2) is 126 Å². The lowest BCUT2D eigenvalue weighted by atomic mass is 9.48. The molecule has 13 rings (SSSR count). The number of rotatable bonds is 2. The maximum absolute atomic E-state index is 7.37. The van der Waals surface area contributed by atoms with Crippen molar-refractivity contribution in [1.29, 1.82) is 0 Å². The molecule has 0 atom stereocenters. The number of thiophene rings is 1. The molecule has 0 unspecified atom stereocenters. The van der Waals surface area contributed by atoms with E-state index in [0.29, 0.717) is 0 Å². The molecule has 1 aliphatic carbocycles. The van der Waals surface area contributed by atoms with Crippen molar-refractivity contribution in [3.05, 3.63) is 149 Å². The van der Waals surface area contributed by atoms with Crippen LogP contribution in [0.4, 0.5) is 17.1 Å². The minimum Gasteiger partial charge on any atom is -0.454 e. The molecule has 2 aliphatic heterocycles. The third-order valence-electron chi connectivity index (χ3n) is 16.7. The SMILES string of the molecule is CC(C)(C)c1ccc(N2c3c(sc4cc5c(cc34)C(C)(C)CCC5(C)C)B3c4c(cc5c(oc6ccccc65)c42)-c2cc(C(C)(C)C)cc4c5cc(C(C)(C)C)ccc5n3c24)c(-c2ccccc2)c1. The fraction of sp³-hybridized carbons (Fsp3) is 0.312. The number of para-hydroxylation sites is 1. The van der Waals surface area contributed by atoms with Crippen molar-refractivity contribution in [2.75, 3.05) is 4.90 Å². The van der Waals surface area contributed by atoms with Gasteiger partial charge in [-0.15, -0.1) is 11.3 Å². The number of anilines is 3. The number of furan rings is 1. The lowest BCUT2D eigenvalue weighted by Gasteiger charge is -2.42. The molecule has 0 amide bonds. The van der Waals surface area contributed by atoms with Crippen LogP contribution >= 0.6 is 11.3 Å². The molecule has 0 bridgehead atoms. The summed E-state index contributed by atoms with van der Waals surface area (Å²) < 4.78 is 12.9. The van der Waals surface area contributed by atoms with Gasteiger partial charge in [0.15, 0.2) is 5.58 Å². The summed E-state index contributed by atoms with van der Waals surface area (Å²) >= 11 is 2.02. The number of hydrogen-bond donors (Lipinski definition) is 0. The van der Waals surface area contributed by atoms with E-state index in [2.05, 4.69) is 221 Å². The first kappa shape index (κ1) is 43.0. The van der Waals surface area contributed by atoms with Crippen molar-refractivity contribution in [1.82, 2.24) is 4.48 Å². The monoisotopic (exact) mass is 918 g/mol. The maximum atomic E-state index is 7.37. The zero-order valence-electron chi connectivity index (χ0n) is 42.7. The van der Waals surface area contributed by atoms with Crippen molar-refractivity contribution >= 4 is 99.3 Å². The van der Waals surface area contributed by atoms with Gasteiger partial charge in [-0.1, -0.05) is 151 Å². The molecule has 10 aromatic rings. The van der Waals surface area contributed by atoms with Gasteiger partial charge in [-0.2, -0.15) is 0 Å². The molecule has 0 spiro atoms. The summed E-state index contributed by atoms with van der Waals surface area (Å²) in [6.45, 7) is 30.9. The highest BCUT2D eigenvalue weighted by atomic mass is 32.1. The molecule has 5 heteroatoms. The summed E-state index contributed by atoms with van der Waals surface area (Å²) in [4.78, 5) is 2.69. The van der Waals surface area contributed by atoms with E-state index in [1.807, 2.05) is 11.3 Å². The van der Waals surface area contributed by atoms with Gasteiger partial charge in [0.05, 0.1) is 17.1 Å². The standard InChI is InChI=1S/C64H63BN2OS/c1-60(2,3)37-23-25-50(41(29-37)36-19-15-14-16-20-36)66-56-47-34-48-49(64(12,13)28-27-63(48,10)11)35-53(47)69-59(56)65-54-43(33-46-40-21-17-18-22-52(40)68-58(46)57(54)66)45-32-39(62(7,8)9)31-44-42-30-38(61(4,5)6)24-26-51(42)67(65)55(44)45/h14-26,29-35H,27-28H2,1-13H3. The highest BCUT2D eigenvalue weighted by Crippen LogP contribution is 2.56. The molecule has 0 fully saturated rings. The van der Waals surface area contributed by atoms with Gasteiger partial charge in [-0.05, 0) is 145 Å². The molecule has 3 aliphatic rings. The lowest BCUT2D eigenvalue weighted by Crippen LogP contribution is -2.55. The van der Waals surface area contributed by atoms with Crippen LogP contribution in [0, 0.1) is 0 Å². The summed E-state index contributed by atoms with van der Waals surface area (Å²) in [7, 11) is 0. The van der Waals surface area contributed by atoms with Crippen molar-refractivity contribution in [2.24, 2.45) is 0 Å². The summed E-state index contributed by atoms with van der Waals surface area (Å²) in [6, 6.07) is 47.3. The third-order valence-corrected chi connectivity index (χ3v) is 17.9. The molecule has 69 heavy (non-hydrogen) atoms. The van der Waals surface area contributed by atoms with Crippen LogP contribution in [0.2, 0.25) is 0 Å². The number of benzene rings is 7. The van der Waals surface area contributed by atoms with Gasteiger partial charge in [0.25, 0.3) is 0 Å². The average molecular weight is 919 g/mol. The third kappa shape index (κ3) is 6.05. The van der Waals surface area contributed by atoms with Crippen molar-refractivity contribution in [3.63, 3.8) is 0 Å². The Balaban J connectivity index is 1.27. The second kappa shape index (κ2) is 13.8. The van der Waals surface area contributed by atoms with E-state index >= 15 is 0 Å². The van der Waals surface area contributed by atoms with Gasteiger partial charge in [-0.3, -0.25) is 0 Å². The highest BCUT2D eigenvalue weighted by molar-refractivity contribution is 7.32. The van der Waals surface area contributed by atoms with Crippen molar-refractivity contribution < 1.29 is 4.42 Å². The molecule has 3 nitrogen and oxygen atoms in total. The zero-order chi connectivity index (χ0) is 48.1. The van der Waals surface area contributed by atoms with E-state index in [-0.39, 0.29) is 33.9 Å². The van der Waals surface area contributed by atoms with Crippen LogP contribution in [0.25, 0.3) is 76.1 Å². The van der Waals surface area contributed by atoms with Crippen LogP contribution in [0.1, 0.15) is 131 Å². The topological polar surface area (TPSA) is 21.3 Å². The van der Waals surface area contributed by atoms with Gasteiger partial charge in [0.2, 0.25) is 0 Å². The molecule has 0 saturated heterocycles.